The van der Waals surface area contributed by atoms with E-state index in [4.69, 9.17) is 0 Å². The average Bonchev–Trinajstić information content (AvgIpc) is 2.77. The first kappa shape index (κ1) is 21.6. The summed E-state index contributed by atoms with van der Waals surface area (Å²) in [5.41, 5.74) is 2.92. The van der Waals surface area contributed by atoms with Crippen LogP contribution in [0.15, 0.2) is 53.5 Å². The molecule has 2 aliphatic heterocycles. The Hall–Kier alpha value is -3.19. The summed E-state index contributed by atoms with van der Waals surface area (Å²) in [6, 6.07) is 13.0. The fourth-order valence-corrected chi connectivity index (χ4v) is 5.81. The summed E-state index contributed by atoms with van der Waals surface area (Å²) in [6.45, 7) is 4.69. The SMILES string of the molecule is CN(c1ccc(-c2ccc(-c3cc[nH]c(=O)c3)cc2O)nn1)C1C[C@]2(C)CCC[C@](C)(C1)N2. The van der Waals surface area contributed by atoms with Gasteiger partial charge in [-0.2, -0.15) is 0 Å². The van der Waals surface area contributed by atoms with Gasteiger partial charge in [0, 0.05) is 42.0 Å². The molecule has 3 aromatic rings. The molecule has 2 bridgehead atoms. The molecule has 2 aromatic heterocycles. The van der Waals surface area contributed by atoms with Crippen molar-refractivity contribution in [2.45, 2.75) is 63.1 Å². The second-order valence-electron chi connectivity index (χ2n) is 10.2. The number of aromatic amines is 1. The number of aromatic nitrogens is 3. The molecule has 4 heterocycles. The molecule has 1 aromatic carbocycles. The van der Waals surface area contributed by atoms with Gasteiger partial charge in [0.25, 0.3) is 0 Å². The number of hydrogen-bond donors (Lipinski definition) is 3. The maximum absolute atomic E-state index is 11.6. The number of nitrogens with zero attached hydrogens (tertiary/aromatic N) is 3. The van der Waals surface area contributed by atoms with E-state index in [1.54, 1.807) is 18.3 Å². The molecule has 0 aliphatic carbocycles. The van der Waals surface area contributed by atoms with Crippen molar-refractivity contribution in [2.24, 2.45) is 0 Å². The standard InChI is InChI=1S/C26H31N5O2/c1-25-10-4-11-26(2,30-25)16-19(15-25)31(3)23-8-7-21(28-29-23)20-6-5-17(13-22(20)32)18-9-12-27-24(33)14-18/h5-9,12-14,19,30,32H,4,10-11,15-16H2,1-3H3,(H,27,33)/t19?,25-,26+. The Balaban J connectivity index is 1.36. The van der Waals surface area contributed by atoms with Crippen LogP contribution in [0.5, 0.6) is 5.75 Å². The average molecular weight is 446 g/mol. The number of piperidine rings is 2. The largest absolute Gasteiger partial charge is 0.507 e. The molecule has 2 fully saturated rings. The van der Waals surface area contributed by atoms with Crippen LogP contribution in [-0.4, -0.2) is 44.5 Å². The maximum Gasteiger partial charge on any atom is 0.248 e. The van der Waals surface area contributed by atoms with E-state index in [0.717, 1.165) is 29.8 Å². The number of benzene rings is 1. The van der Waals surface area contributed by atoms with Crippen molar-refractivity contribution >= 4 is 5.82 Å². The topological polar surface area (TPSA) is 94.1 Å². The first-order valence-electron chi connectivity index (χ1n) is 11.6. The van der Waals surface area contributed by atoms with E-state index in [-0.39, 0.29) is 22.4 Å². The van der Waals surface area contributed by atoms with E-state index in [0.29, 0.717) is 17.3 Å². The number of nitrogens with one attached hydrogen (secondary N) is 2. The van der Waals surface area contributed by atoms with Gasteiger partial charge in [0.2, 0.25) is 5.56 Å². The third-order valence-corrected chi connectivity index (χ3v) is 7.37. The molecule has 1 unspecified atom stereocenters. The molecular formula is C26H31N5O2. The summed E-state index contributed by atoms with van der Waals surface area (Å²) < 4.78 is 0. The summed E-state index contributed by atoms with van der Waals surface area (Å²) in [4.78, 5) is 16.4. The van der Waals surface area contributed by atoms with Crippen molar-refractivity contribution in [1.29, 1.82) is 0 Å². The Labute approximate surface area is 193 Å². The van der Waals surface area contributed by atoms with Crippen LogP contribution in [0, 0.1) is 0 Å². The zero-order chi connectivity index (χ0) is 23.2. The van der Waals surface area contributed by atoms with Crippen molar-refractivity contribution < 1.29 is 5.11 Å². The van der Waals surface area contributed by atoms with Crippen LogP contribution in [0.25, 0.3) is 22.4 Å². The quantitative estimate of drug-likeness (QED) is 0.560. The number of hydrogen-bond acceptors (Lipinski definition) is 6. The molecule has 7 heteroatoms. The molecular weight excluding hydrogens is 414 g/mol. The van der Waals surface area contributed by atoms with Gasteiger partial charge in [-0.3, -0.25) is 4.79 Å². The molecule has 33 heavy (non-hydrogen) atoms. The van der Waals surface area contributed by atoms with Gasteiger partial charge in [0.15, 0.2) is 5.82 Å². The summed E-state index contributed by atoms with van der Waals surface area (Å²) in [5.74, 6) is 0.950. The van der Waals surface area contributed by atoms with Gasteiger partial charge in [0.1, 0.15) is 5.75 Å². The second-order valence-corrected chi connectivity index (χ2v) is 10.2. The van der Waals surface area contributed by atoms with E-state index in [1.165, 1.54) is 25.3 Å². The zero-order valence-corrected chi connectivity index (χ0v) is 19.4. The number of aromatic hydroxyl groups is 1. The normalized spacial score (nSPS) is 26.7. The Morgan fingerprint density at radius 2 is 1.73 bits per heavy atom. The molecule has 0 radical (unpaired) electrons. The Morgan fingerprint density at radius 3 is 2.36 bits per heavy atom. The first-order chi connectivity index (χ1) is 15.7. The Morgan fingerprint density at radius 1 is 1.00 bits per heavy atom. The highest BCUT2D eigenvalue weighted by Crippen LogP contribution is 2.42. The molecule has 7 nitrogen and oxygen atoms in total. The fourth-order valence-electron chi connectivity index (χ4n) is 5.81. The lowest BCUT2D eigenvalue weighted by Gasteiger charge is -2.55. The van der Waals surface area contributed by atoms with Gasteiger partial charge in [-0.05, 0) is 87.4 Å². The van der Waals surface area contributed by atoms with Crippen LogP contribution < -0.4 is 15.8 Å². The molecule has 2 saturated heterocycles. The van der Waals surface area contributed by atoms with E-state index in [9.17, 15) is 9.90 Å². The lowest BCUT2D eigenvalue weighted by molar-refractivity contribution is 0.0784. The van der Waals surface area contributed by atoms with Gasteiger partial charge >= 0.3 is 0 Å². The lowest BCUT2D eigenvalue weighted by atomic mass is 9.69. The third-order valence-electron chi connectivity index (χ3n) is 7.37. The maximum atomic E-state index is 11.6. The monoisotopic (exact) mass is 445 g/mol. The van der Waals surface area contributed by atoms with Crippen molar-refractivity contribution in [1.82, 2.24) is 20.5 Å². The fraction of sp³-hybridized carbons (Fsp3) is 0.423. The second kappa shape index (κ2) is 7.99. The minimum absolute atomic E-state index is 0.107. The zero-order valence-electron chi connectivity index (χ0n) is 19.4. The number of rotatable bonds is 4. The summed E-state index contributed by atoms with van der Waals surface area (Å²) in [5, 5.41) is 23.5. The van der Waals surface area contributed by atoms with Crippen molar-refractivity contribution in [3.05, 3.63) is 59.0 Å². The highest BCUT2D eigenvalue weighted by Gasteiger charge is 2.46. The number of H-pyrrole nitrogens is 1. The summed E-state index contributed by atoms with van der Waals surface area (Å²) in [7, 11) is 2.11. The third kappa shape index (κ3) is 4.25. The number of phenols is 1. The first-order valence-corrected chi connectivity index (χ1v) is 11.6. The van der Waals surface area contributed by atoms with E-state index < -0.39 is 0 Å². The van der Waals surface area contributed by atoms with Crippen molar-refractivity contribution in [2.75, 3.05) is 11.9 Å². The Kier molecular flexibility index (Phi) is 5.24. The van der Waals surface area contributed by atoms with E-state index in [1.807, 2.05) is 24.3 Å². The molecule has 2 aliphatic rings. The number of phenolic OH excluding ortho intramolecular Hbond substituents is 1. The van der Waals surface area contributed by atoms with Crippen molar-refractivity contribution in [3.8, 4) is 28.1 Å². The predicted molar refractivity (Wildman–Crippen MR) is 130 cm³/mol. The summed E-state index contributed by atoms with van der Waals surface area (Å²) >= 11 is 0. The van der Waals surface area contributed by atoms with Crippen LogP contribution >= 0.6 is 0 Å². The highest BCUT2D eigenvalue weighted by molar-refractivity contribution is 5.74. The molecule has 0 spiro atoms. The number of pyridine rings is 1. The molecule has 172 valence electrons. The van der Waals surface area contributed by atoms with Gasteiger partial charge in [-0.25, -0.2) is 0 Å². The highest BCUT2D eigenvalue weighted by atomic mass is 16.3. The molecule has 5 rings (SSSR count). The van der Waals surface area contributed by atoms with Crippen LogP contribution in [0.4, 0.5) is 5.82 Å². The van der Waals surface area contributed by atoms with Gasteiger partial charge < -0.3 is 20.3 Å². The minimum Gasteiger partial charge on any atom is -0.507 e. The predicted octanol–water partition coefficient (Wildman–Crippen LogP) is 4.09. The van der Waals surface area contributed by atoms with Crippen LogP contribution in [-0.2, 0) is 0 Å². The summed E-state index contributed by atoms with van der Waals surface area (Å²) in [6.07, 6.45) is 7.49. The molecule has 0 amide bonds. The van der Waals surface area contributed by atoms with Gasteiger partial charge in [-0.1, -0.05) is 6.07 Å². The molecule has 0 saturated carbocycles. The smallest absolute Gasteiger partial charge is 0.248 e. The van der Waals surface area contributed by atoms with E-state index in [2.05, 4.69) is 46.3 Å². The van der Waals surface area contributed by atoms with Crippen LogP contribution in [0.2, 0.25) is 0 Å². The van der Waals surface area contributed by atoms with Gasteiger partial charge in [0.05, 0.1) is 5.69 Å². The van der Waals surface area contributed by atoms with Crippen LogP contribution in [0.1, 0.15) is 46.0 Å². The van der Waals surface area contributed by atoms with Gasteiger partial charge in [-0.15, -0.1) is 10.2 Å². The lowest BCUT2D eigenvalue weighted by Crippen LogP contribution is -2.66. The Bertz CT molecular complexity index is 1210. The van der Waals surface area contributed by atoms with Crippen LogP contribution in [0.3, 0.4) is 0 Å². The molecule has 3 atom stereocenters. The van der Waals surface area contributed by atoms with Crippen molar-refractivity contribution in [3.63, 3.8) is 0 Å². The number of anilines is 1. The van der Waals surface area contributed by atoms with E-state index >= 15 is 0 Å². The minimum atomic E-state index is -0.179. The molecule has 3 N–H and O–H groups in total. The number of fused-ring (bicyclic) bond motifs is 2.